The molecule has 0 aromatic carbocycles. The van der Waals surface area contributed by atoms with E-state index in [1.54, 1.807) is 0 Å². The molecule has 2 aromatic rings. The summed E-state index contributed by atoms with van der Waals surface area (Å²) in [7, 11) is 0. The standard InChI is InChI=1S/C6H4N4O2/c11-6(12)5-9-8-4-3-7-1-2-10(4)5/h1-3H,(H,11,12)/p-1. The summed E-state index contributed by atoms with van der Waals surface area (Å²) in [5.74, 6) is -1.57. The lowest BCUT2D eigenvalue weighted by molar-refractivity contribution is -0.256. The first-order valence-corrected chi connectivity index (χ1v) is 3.15. The van der Waals surface area contributed by atoms with Crippen molar-refractivity contribution >= 4 is 11.6 Å². The van der Waals surface area contributed by atoms with Gasteiger partial charge in [0.1, 0.15) is 5.97 Å². The molecule has 0 aliphatic rings. The van der Waals surface area contributed by atoms with Gasteiger partial charge in [0.2, 0.25) is 0 Å². The quantitative estimate of drug-likeness (QED) is 0.510. The predicted octanol–water partition coefficient (Wildman–Crippen LogP) is -1.51. The number of aromatic nitrogens is 4. The molecule has 12 heavy (non-hydrogen) atoms. The van der Waals surface area contributed by atoms with Crippen LogP contribution in [0.5, 0.6) is 0 Å². The van der Waals surface area contributed by atoms with Crippen LogP contribution in [0, 0.1) is 0 Å². The first-order valence-electron chi connectivity index (χ1n) is 3.15. The van der Waals surface area contributed by atoms with Gasteiger partial charge in [0.05, 0.1) is 6.20 Å². The Hall–Kier alpha value is -1.98. The van der Waals surface area contributed by atoms with Crippen molar-refractivity contribution in [1.82, 2.24) is 19.6 Å². The molecular weight excluding hydrogens is 160 g/mol. The molecule has 6 nitrogen and oxygen atoms in total. The highest BCUT2D eigenvalue weighted by molar-refractivity contribution is 5.82. The van der Waals surface area contributed by atoms with E-state index >= 15 is 0 Å². The third-order valence-corrected chi connectivity index (χ3v) is 1.40. The highest BCUT2D eigenvalue weighted by Crippen LogP contribution is 1.98. The van der Waals surface area contributed by atoms with Gasteiger partial charge in [-0.15, -0.1) is 10.2 Å². The van der Waals surface area contributed by atoms with Crippen molar-refractivity contribution in [2.75, 3.05) is 0 Å². The molecule has 2 aromatic heterocycles. The molecule has 0 amide bonds. The fraction of sp³-hybridized carbons (Fsp3) is 0. The van der Waals surface area contributed by atoms with E-state index in [2.05, 4.69) is 15.2 Å². The molecule has 0 saturated carbocycles. The van der Waals surface area contributed by atoms with E-state index in [4.69, 9.17) is 0 Å². The predicted molar refractivity (Wildman–Crippen MR) is 35.1 cm³/mol. The van der Waals surface area contributed by atoms with Gasteiger partial charge in [-0.05, 0) is 0 Å². The Bertz CT molecular complexity index is 436. The smallest absolute Gasteiger partial charge is 0.184 e. The van der Waals surface area contributed by atoms with Gasteiger partial charge < -0.3 is 9.90 Å². The van der Waals surface area contributed by atoms with E-state index in [1.807, 2.05) is 0 Å². The second-order valence-corrected chi connectivity index (χ2v) is 2.12. The molecule has 0 bridgehead atoms. The van der Waals surface area contributed by atoms with Crippen LogP contribution in [0.2, 0.25) is 0 Å². The maximum absolute atomic E-state index is 10.4. The van der Waals surface area contributed by atoms with E-state index < -0.39 is 5.97 Å². The van der Waals surface area contributed by atoms with Gasteiger partial charge in [-0.3, -0.25) is 9.38 Å². The maximum Gasteiger partial charge on any atom is 0.184 e. The molecule has 2 rings (SSSR count). The number of carbonyl (C=O) groups excluding carboxylic acids is 1. The molecule has 0 aliphatic carbocycles. The molecule has 0 N–H and O–H groups in total. The van der Waals surface area contributed by atoms with Crippen LogP contribution in [-0.2, 0) is 0 Å². The lowest BCUT2D eigenvalue weighted by Gasteiger charge is -1.97. The van der Waals surface area contributed by atoms with Gasteiger partial charge in [-0.1, -0.05) is 0 Å². The van der Waals surface area contributed by atoms with Crippen molar-refractivity contribution in [3.05, 3.63) is 24.4 Å². The number of carbonyl (C=O) groups is 1. The number of aromatic carboxylic acids is 1. The summed E-state index contributed by atoms with van der Waals surface area (Å²) in [4.78, 5) is 14.2. The van der Waals surface area contributed by atoms with Crippen LogP contribution >= 0.6 is 0 Å². The molecule has 0 fully saturated rings. The number of hydrogen-bond acceptors (Lipinski definition) is 5. The zero-order valence-corrected chi connectivity index (χ0v) is 5.84. The molecule has 2 heterocycles. The summed E-state index contributed by atoms with van der Waals surface area (Å²) in [6.45, 7) is 0. The van der Waals surface area contributed by atoms with Crippen LogP contribution in [0.15, 0.2) is 18.6 Å². The van der Waals surface area contributed by atoms with E-state index in [0.29, 0.717) is 5.65 Å². The lowest BCUT2D eigenvalue weighted by Crippen LogP contribution is -2.24. The van der Waals surface area contributed by atoms with Crippen molar-refractivity contribution in [1.29, 1.82) is 0 Å². The normalized spacial score (nSPS) is 10.3. The summed E-state index contributed by atoms with van der Waals surface area (Å²) >= 11 is 0. The topological polar surface area (TPSA) is 83.2 Å². The molecule has 0 aliphatic heterocycles. The molecule has 0 atom stereocenters. The zero-order chi connectivity index (χ0) is 8.55. The average Bonchev–Trinajstić information content (AvgIpc) is 2.47. The van der Waals surface area contributed by atoms with Crippen LogP contribution in [0.25, 0.3) is 5.65 Å². The van der Waals surface area contributed by atoms with E-state index in [0.717, 1.165) is 0 Å². The van der Waals surface area contributed by atoms with Crippen LogP contribution in [-0.4, -0.2) is 25.6 Å². The Kier molecular flexibility index (Phi) is 1.26. The third kappa shape index (κ3) is 0.815. The lowest BCUT2D eigenvalue weighted by atomic mass is 10.6. The van der Waals surface area contributed by atoms with Crippen molar-refractivity contribution < 1.29 is 9.90 Å². The van der Waals surface area contributed by atoms with E-state index in [9.17, 15) is 9.90 Å². The van der Waals surface area contributed by atoms with Crippen molar-refractivity contribution in [2.45, 2.75) is 0 Å². The summed E-state index contributed by atoms with van der Waals surface area (Å²) in [5, 5.41) is 17.4. The highest BCUT2D eigenvalue weighted by Gasteiger charge is 2.03. The van der Waals surface area contributed by atoms with Gasteiger partial charge in [-0.25, -0.2) is 0 Å². The minimum Gasteiger partial charge on any atom is -0.541 e. The number of hydrogen-bond donors (Lipinski definition) is 0. The highest BCUT2D eigenvalue weighted by atomic mass is 16.4. The number of carboxylic acids is 1. The first kappa shape index (κ1) is 6.71. The van der Waals surface area contributed by atoms with Gasteiger partial charge >= 0.3 is 0 Å². The van der Waals surface area contributed by atoms with Crippen LogP contribution in [0.1, 0.15) is 10.6 Å². The van der Waals surface area contributed by atoms with Gasteiger partial charge in [-0.2, -0.15) is 0 Å². The monoisotopic (exact) mass is 163 g/mol. The van der Waals surface area contributed by atoms with Crippen molar-refractivity contribution in [3.63, 3.8) is 0 Å². The van der Waals surface area contributed by atoms with Gasteiger partial charge in [0.25, 0.3) is 0 Å². The van der Waals surface area contributed by atoms with Crippen LogP contribution < -0.4 is 5.11 Å². The van der Waals surface area contributed by atoms with E-state index in [1.165, 1.54) is 23.0 Å². The molecule has 0 spiro atoms. The minimum atomic E-state index is -1.35. The fourth-order valence-corrected chi connectivity index (χ4v) is 0.892. The Morgan fingerprint density at radius 3 is 3.08 bits per heavy atom. The Balaban J connectivity index is 2.79. The minimum absolute atomic E-state index is 0.215. The summed E-state index contributed by atoms with van der Waals surface area (Å²) in [6.07, 6.45) is 4.32. The number of rotatable bonds is 1. The van der Waals surface area contributed by atoms with Crippen LogP contribution in [0.3, 0.4) is 0 Å². The molecule has 6 heteroatoms. The third-order valence-electron chi connectivity index (χ3n) is 1.40. The van der Waals surface area contributed by atoms with Crippen LogP contribution in [0.4, 0.5) is 0 Å². The van der Waals surface area contributed by atoms with Crippen molar-refractivity contribution in [2.24, 2.45) is 0 Å². The number of fused-ring (bicyclic) bond motifs is 1. The van der Waals surface area contributed by atoms with E-state index in [-0.39, 0.29) is 5.82 Å². The summed E-state index contributed by atoms with van der Waals surface area (Å²) in [6, 6.07) is 0. The van der Waals surface area contributed by atoms with Crippen molar-refractivity contribution in [3.8, 4) is 0 Å². The second kappa shape index (κ2) is 2.26. The number of carboxylic acid groups (broad SMARTS) is 1. The molecule has 0 radical (unpaired) electrons. The molecule has 60 valence electrons. The molecular formula is C6H3N4O2-. The maximum atomic E-state index is 10.4. The Morgan fingerprint density at radius 2 is 2.33 bits per heavy atom. The molecule has 0 saturated heterocycles. The Labute approximate surface area is 66.5 Å². The van der Waals surface area contributed by atoms with Gasteiger partial charge in [0, 0.05) is 12.4 Å². The summed E-state index contributed by atoms with van der Waals surface area (Å²) < 4.78 is 1.29. The second-order valence-electron chi connectivity index (χ2n) is 2.12. The fourth-order valence-electron chi connectivity index (χ4n) is 0.892. The first-order chi connectivity index (χ1) is 5.79. The SMILES string of the molecule is O=C([O-])c1nnc2cnccn12. The zero-order valence-electron chi connectivity index (χ0n) is 5.84. The largest absolute Gasteiger partial charge is 0.541 e. The number of nitrogens with zero attached hydrogens (tertiary/aromatic N) is 4. The Morgan fingerprint density at radius 1 is 1.50 bits per heavy atom. The molecule has 0 unspecified atom stereocenters. The average molecular weight is 163 g/mol. The summed E-state index contributed by atoms with van der Waals surface area (Å²) in [5.41, 5.74) is 0.386. The van der Waals surface area contributed by atoms with Gasteiger partial charge in [0.15, 0.2) is 11.5 Å².